The predicted molar refractivity (Wildman–Crippen MR) is 70.4 cm³/mol. The summed E-state index contributed by atoms with van der Waals surface area (Å²) in [4.78, 5) is 0. The van der Waals surface area contributed by atoms with Crippen LogP contribution < -0.4 is 5.32 Å². The summed E-state index contributed by atoms with van der Waals surface area (Å²) in [7, 11) is 2.03. The Bertz CT molecular complexity index is 537. The summed E-state index contributed by atoms with van der Waals surface area (Å²) in [6.45, 7) is 3.21. The van der Waals surface area contributed by atoms with Gasteiger partial charge in [-0.3, -0.25) is 0 Å². The van der Waals surface area contributed by atoms with Crippen LogP contribution in [0.5, 0.6) is 0 Å². The van der Waals surface area contributed by atoms with Gasteiger partial charge < -0.3 is 9.73 Å². The van der Waals surface area contributed by atoms with Crippen molar-refractivity contribution in [1.82, 2.24) is 5.32 Å². The van der Waals surface area contributed by atoms with Gasteiger partial charge in [0.2, 0.25) is 0 Å². The molecule has 1 aromatic carbocycles. The first-order chi connectivity index (χ1) is 8.27. The average Bonchev–Trinajstić information content (AvgIpc) is 2.63. The van der Waals surface area contributed by atoms with E-state index in [1.807, 2.05) is 13.1 Å². The molecule has 1 aliphatic rings. The first-order valence-corrected chi connectivity index (χ1v) is 6.40. The molecule has 0 saturated heterocycles. The van der Waals surface area contributed by atoms with Crippen LogP contribution in [0.1, 0.15) is 30.6 Å². The van der Waals surface area contributed by atoms with E-state index in [4.69, 9.17) is 4.42 Å². The first kappa shape index (κ1) is 10.8. The third-order valence-corrected chi connectivity index (χ3v) is 4.15. The number of likely N-dealkylation sites (N-methyl/N-ethyl adjacent to an activating group) is 1. The van der Waals surface area contributed by atoms with Crippen molar-refractivity contribution in [2.24, 2.45) is 0 Å². The fourth-order valence-electron chi connectivity index (χ4n) is 3.11. The van der Waals surface area contributed by atoms with E-state index in [0.717, 1.165) is 12.1 Å². The molecule has 1 aromatic heterocycles. The van der Waals surface area contributed by atoms with E-state index in [0.29, 0.717) is 0 Å². The molecule has 0 amide bonds. The van der Waals surface area contributed by atoms with Crippen molar-refractivity contribution < 1.29 is 4.42 Å². The fourth-order valence-corrected chi connectivity index (χ4v) is 3.11. The van der Waals surface area contributed by atoms with Crippen LogP contribution in [0, 0.1) is 6.92 Å². The molecule has 2 aromatic rings. The molecule has 0 unspecified atom stereocenters. The van der Waals surface area contributed by atoms with Gasteiger partial charge in [0.15, 0.2) is 0 Å². The van der Waals surface area contributed by atoms with E-state index in [1.165, 1.54) is 36.0 Å². The molecule has 2 heteroatoms. The lowest BCUT2D eigenvalue weighted by atomic mass is 9.66. The van der Waals surface area contributed by atoms with Gasteiger partial charge >= 0.3 is 0 Å². The lowest BCUT2D eigenvalue weighted by Crippen LogP contribution is -2.42. The van der Waals surface area contributed by atoms with Crippen molar-refractivity contribution in [2.45, 2.75) is 31.6 Å². The highest BCUT2D eigenvalue weighted by atomic mass is 16.3. The van der Waals surface area contributed by atoms with E-state index in [-0.39, 0.29) is 5.41 Å². The summed E-state index contributed by atoms with van der Waals surface area (Å²) in [5.41, 5.74) is 2.61. The Hall–Kier alpha value is -1.28. The second kappa shape index (κ2) is 3.88. The highest BCUT2D eigenvalue weighted by molar-refractivity contribution is 5.82. The van der Waals surface area contributed by atoms with Gasteiger partial charge in [0.1, 0.15) is 11.3 Å². The fraction of sp³-hybridized carbons (Fsp3) is 0.467. The van der Waals surface area contributed by atoms with Crippen molar-refractivity contribution >= 4 is 11.0 Å². The molecular formula is C15H19NO. The van der Waals surface area contributed by atoms with Crippen LogP contribution in [-0.2, 0) is 5.41 Å². The molecule has 0 bridgehead atoms. The van der Waals surface area contributed by atoms with E-state index >= 15 is 0 Å². The first-order valence-electron chi connectivity index (χ1n) is 6.40. The van der Waals surface area contributed by atoms with Gasteiger partial charge in [0, 0.05) is 17.3 Å². The molecule has 1 fully saturated rings. The second-order valence-corrected chi connectivity index (χ2v) is 5.22. The van der Waals surface area contributed by atoms with E-state index < -0.39 is 0 Å². The largest absolute Gasteiger partial charge is 0.460 e. The highest BCUT2D eigenvalue weighted by Crippen LogP contribution is 2.46. The number of hydrogen-bond donors (Lipinski definition) is 1. The maximum absolute atomic E-state index is 6.12. The van der Waals surface area contributed by atoms with Gasteiger partial charge in [0.05, 0.1) is 0 Å². The zero-order valence-electron chi connectivity index (χ0n) is 10.5. The summed E-state index contributed by atoms with van der Waals surface area (Å²) in [5, 5.41) is 4.59. The van der Waals surface area contributed by atoms with Crippen LogP contribution in [0.4, 0.5) is 0 Å². The molecule has 1 N–H and O–H groups in total. The van der Waals surface area contributed by atoms with Crippen molar-refractivity contribution in [1.29, 1.82) is 0 Å². The molecule has 1 aliphatic carbocycles. The van der Waals surface area contributed by atoms with Crippen LogP contribution >= 0.6 is 0 Å². The van der Waals surface area contributed by atoms with E-state index in [2.05, 4.69) is 30.4 Å². The third-order valence-electron chi connectivity index (χ3n) is 4.15. The number of rotatable bonds is 3. The van der Waals surface area contributed by atoms with Gasteiger partial charge in [-0.1, -0.05) is 24.6 Å². The Labute approximate surface area is 102 Å². The van der Waals surface area contributed by atoms with Gasteiger partial charge in [-0.25, -0.2) is 0 Å². The quantitative estimate of drug-likeness (QED) is 0.872. The molecule has 1 saturated carbocycles. The van der Waals surface area contributed by atoms with E-state index in [9.17, 15) is 0 Å². The van der Waals surface area contributed by atoms with E-state index in [1.54, 1.807) is 0 Å². The standard InChI is InChI=1S/C15H19NO/c1-11-12-6-3-4-7-13(12)17-14(11)15(10-16-2)8-5-9-15/h3-4,6-7,16H,5,8-10H2,1-2H3. The maximum atomic E-state index is 6.12. The predicted octanol–water partition coefficient (Wildman–Crippen LogP) is 3.38. The Kier molecular flexibility index (Phi) is 2.48. The van der Waals surface area contributed by atoms with Gasteiger partial charge in [-0.15, -0.1) is 0 Å². The number of para-hydroxylation sites is 1. The summed E-state index contributed by atoms with van der Waals surface area (Å²) in [6, 6.07) is 8.35. The average molecular weight is 229 g/mol. The molecule has 3 rings (SSSR count). The molecule has 90 valence electrons. The number of nitrogens with one attached hydrogen (secondary N) is 1. The van der Waals surface area contributed by atoms with Crippen molar-refractivity contribution in [2.75, 3.05) is 13.6 Å². The Morgan fingerprint density at radius 3 is 2.65 bits per heavy atom. The van der Waals surface area contributed by atoms with Crippen LogP contribution in [0.2, 0.25) is 0 Å². The summed E-state index contributed by atoms with van der Waals surface area (Å²) >= 11 is 0. The van der Waals surface area contributed by atoms with Gasteiger partial charge in [-0.2, -0.15) is 0 Å². The van der Waals surface area contributed by atoms with Crippen LogP contribution in [-0.4, -0.2) is 13.6 Å². The molecule has 0 spiro atoms. The Balaban J connectivity index is 2.13. The Morgan fingerprint density at radius 1 is 1.29 bits per heavy atom. The number of hydrogen-bond acceptors (Lipinski definition) is 2. The molecule has 0 atom stereocenters. The number of furan rings is 1. The normalized spacial score (nSPS) is 18.2. The SMILES string of the molecule is CNCC1(c2oc3ccccc3c2C)CCC1. The molecule has 17 heavy (non-hydrogen) atoms. The minimum atomic E-state index is 0.248. The molecule has 0 radical (unpaired) electrons. The lowest BCUT2D eigenvalue weighted by Gasteiger charge is -2.40. The number of fused-ring (bicyclic) bond motifs is 1. The summed E-state index contributed by atoms with van der Waals surface area (Å²) in [6.07, 6.45) is 3.81. The smallest absolute Gasteiger partial charge is 0.134 e. The molecular weight excluding hydrogens is 210 g/mol. The molecule has 0 aliphatic heterocycles. The molecule has 1 heterocycles. The third kappa shape index (κ3) is 1.51. The minimum Gasteiger partial charge on any atom is -0.460 e. The summed E-state index contributed by atoms with van der Waals surface area (Å²) in [5.74, 6) is 1.21. The summed E-state index contributed by atoms with van der Waals surface area (Å²) < 4.78 is 6.12. The minimum absolute atomic E-state index is 0.248. The second-order valence-electron chi connectivity index (χ2n) is 5.22. The van der Waals surface area contributed by atoms with Gasteiger partial charge in [0.25, 0.3) is 0 Å². The Morgan fingerprint density at radius 2 is 2.06 bits per heavy atom. The zero-order valence-corrected chi connectivity index (χ0v) is 10.5. The monoisotopic (exact) mass is 229 g/mol. The van der Waals surface area contributed by atoms with Crippen LogP contribution in [0.25, 0.3) is 11.0 Å². The number of aryl methyl sites for hydroxylation is 1. The highest BCUT2D eigenvalue weighted by Gasteiger charge is 2.42. The van der Waals surface area contributed by atoms with Gasteiger partial charge in [-0.05, 0) is 38.4 Å². The van der Waals surface area contributed by atoms with Crippen molar-refractivity contribution in [3.05, 3.63) is 35.6 Å². The van der Waals surface area contributed by atoms with Crippen LogP contribution in [0.3, 0.4) is 0 Å². The van der Waals surface area contributed by atoms with Crippen molar-refractivity contribution in [3.63, 3.8) is 0 Å². The zero-order chi connectivity index (χ0) is 11.9. The maximum Gasteiger partial charge on any atom is 0.134 e. The lowest BCUT2D eigenvalue weighted by molar-refractivity contribution is 0.199. The van der Waals surface area contributed by atoms with Crippen molar-refractivity contribution in [3.8, 4) is 0 Å². The molecule has 2 nitrogen and oxygen atoms in total. The van der Waals surface area contributed by atoms with Crippen LogP contribution in [0.15, 0.2) is 28.7 Å². The number of benzene rings is 1. The topological polar surface area (TPSA) is 25.2 Å².